The maximum atomic E-state index is 12.4. The van der Waals surface area contributed by atoms with Crippen LogP contribution in [0.4, 0.5) is 10.6 Å². The van der Waals surface area contributed by atoms with Crippen LogP contribution in [0.2, 0.25) is 0 Å². The van der Waals surface area contributed by atoms with Gasteiger partial charge in [0.15, 0.2) is 5.82 Å². The maximum absolute atomic E-state index is 12.4. The summed E-state index contributed by atoms with van der Waals surface area (Å²) in [6.07, 6.45) is 2.17. The first kappa shape index (κ1) is 17.6. The number of aryl methyl sites for hydroxylation is 1. The molecule has 2 rings (SSSR count). The van der Waals surface area contributed by atoms with E-state index in [0.717, 1.165) is 17.0 Å². The van der Waals surface area contributed by atoms with E-state index in [0.29, 0.717) is 13.0 Å². The van der Waals surface area contributed by atoms with Crippen LogP contribution >= 0.6 is 0 Å². The molecular formula is C14H22N8O2. The van der Waals surface area contributed by atoms with Crippen LogP contribution in [0, 0.1) is 13.8 Å². The normalized spacial score (nSPS) is 10.7. The molecule has 0 radical (unpaired) electrons. The Kier molecular flexibility index (Phi) is 5.29. The van der Waals surface area contributed by atoms with Crippen LogP contribution in [-0.2, 0) is 13.0 Å². The molecule has 0 spiro atoms. The van der Waals surface area contributed by atoms with Crippen LogP contribution in [0.15, 0.2) is 6.20 Å². The van der Waals surface area contributed by atoms with Gasteiger partial charge in [0.05, 0.1) is 11.9 Å². The van der Waals surface area contributed by atoms with Crippen molar-refractivity contribution in [2.75, 3.05) is 26.0 Å². The second kappa shape index (κ2) is 7.21. The fraction of sp³-hybridized carbons (Fsp3) is 0.500. The summed E-state index contributed by atoms with van der Waals surface area (Å²) in [5.74, 6) is 0.0351. The van der Waals surface area contributed by atoms with Gasteiger partial charge in [0.25, 0.3) is 5.91 Å². The first-order chi connectivity index (χ1) is 11.3. The van der Waals surface area contributed by atoms with E-state index in [1.165, 1.54) is 20.5 Å². The van der Waals surface area contributed by atoms with Crippen molar-refractivity contribution in [2.24, 2.45) is 5.73 Å². The molecule has 2 aromatic heterocycles. The molecule has 2 aromatic rings. The Hall–Kier alpha value is -2.75. The van der Waals surface area contributed by atoms with Gasteiger partial charge in [-0.3, -0.25) is 10.1 Å². The fourth-order valence-corrected chi connectivity index (χ4v) is 2.28. The Morgan fingerprint density at radius 3 is 2.67 bits per heavy atom. The summed E-state index contributed by atoms with van der Waals surface area (Å²) in [5, 5.41) is 14.5. The standard InChI is InChI=1S/C14H22N8O2/c1-9-11(5-6-15)10(2)22(18-9)13(23)8-21-7-12(17-19-21)16-14(24)20(3)4/h7H,5-6,8,15H2,1-4H3,(H,16,24). The largest absolute Gasteiger partial charge is 0.331 e. The van der Waals surface area contributed by atoms with Gasteiger partial charge in [-0.05, 0) is 32.4 Å². The summed E-state index contributed by atoms with van der Waals surface area (Å²) < 4.78 is 2.72. The number of hydrogen-bond donors (Lipinski definition) is 2. The first-order valence-electron chi connectivity index (χ1n) is 7.50. The number of amides is 2. The predicted octanol–water partition coefficient (Wildman–Crippen LogP) is 0.0265. The third kappa shape index (κ3) is 3.77. The number of carbonyl (C=O) groups is 2. The van der Waals surface area contributed by atoms with Gasteiger partial charge in [-0.2, -0.15) is 5.10 Å². The Bertz CT molecular complexity index is 746. The van der Waals surface area contributed by atoms with Gasteiger partial charge in [0, 0.05) is 19.8 Å². The zero-order chi connectivity index (χ0) is 17.9. The van der Waals surface area contributed by atoms with Crippen LogP contribution in [0.5, 0.6) is 0 Å². The smallest absolute Gasteiger partial charge is 0.322 e. The average molecular weight is 334 g/mol. The van der Waals surface area contributed by atoms with E-state index in [1.54, 1.807) is 14.1 Å². The SMILES string of the molecule is Cc1nn(C(=O)Cn2cc(NC(=O)N(C)C)nn2)c(C)c1CCN. The van der Waals surface area contributed by atoms with Gasteiger partial charge in [-0.1, -0.05) is 5.21 Å². The van der Waals surface area contributed by atoms with Crippen molar-refractivity contribution < 1.29 is 9.59 Å². The van der Waals surface area contributed by atoms with E-state index < -0.39 is 0 Å². The molecule has 2 heterocycles. The van der Waals surface area contributed by atoms with Crippen molar-refractivity contribution in [1.29, 1.82) is 0 Å². The van der Waals surface area contributed by atoms with Crippen molar-refractivity contribution in [3.8, 4) is 0 Å². The lowest BCUT2D eigenvalue weighted by Gasteiger charge is -2.09. The average Bonchev–Trinajstić information content (AvgIpc) is 3.06. The molecule has 10 nitrogen and oxygen atoms in total. The molecule has 0 atom stereocenters. The highest BCUT2D eigenvalue weighted by atomic mass is 16.2. The summed E-state index contributed by atoms with van der Waals surface area (Å²) in [6.45, 7) is 4.16. The van der Waals surface area contributed by atoms with Gasteiger partial charge in [0.1, 0.15) is 6.54 Å². The Balaban J connectivity index is 2.09. The molecule has 10 heteroatoms. The van der Waals surface area contributed by atoms with E-state index in [-0.39, 0.29) is 24.3 Å². The summed E-state index contributed by atoms with van der Waals surface area (Å²) in [6, 6.07) is -0.321. The maximum Gasteiger partial charge on any atom is 0.322 e. The van der Waals surface area contributed by atoms with E-state index >= 15 is 0 Å². The van der Waals surface area contributed by atoms with Crippen molar-refractivity contribution in [3.05, 3.63) is 23.1 Å². The number of nitrogens with zero attached hydrogens (tertiary/aromatic N) is 6. The number of urea groups is 1. The predicted molar refractivity (Wildman–Crippen MR) is 87.8 cm³/mol. The number of anilines is 1. The van der Waals surface area contributed by atoms with E-state index in [1.807, 2.05) is 13.8 Å². The van der Waals surface area contributed by atoms with Crippen LogP contribution in [-0.4, -0.2) is 62.3 Å². The molecule has 0 aliphatic carbocycles. The Labute approximate surface area is 139 Å². The number of carbonyl (C=O) groups excluding carboxylic acids is 2. The fourth-order valence-electron chi connectivity index (χ4n) is 2.28. The molecule has 2 amide bonds. The van der Waals surface area contributed by atoms with Crippen LogP contribution in [0.1, 0.15) is 21.7 Å². The molecule has 0 fully saturated rings. The third-order valence-corrected chi connectivity index (χ3v) is 3.55. The lowest BCUT2D eigenvalue weighted by Crippen LogP contribution is -2.27. The van der Waals surface area contributed by atoms with Crippen LogP contribution in [0.3, 0.4) is 0 Å². The summed E-state index contributed by atoms with van der Waals surface area (Å²) >= 11 is 0. The summed E-state index contributed by atoms with van der Waals surface area (Å²) in [7, 11) is 3.23. The number of rotatable bonds is 5. The summed E-state index contributed by atoms with van der Waals surface area (Å²) in [4.78, 5) is 25.4. The lowest BCUT2D eigenvalue weighted by molar-refractivity contribution is 0.0866. The molecule has 0 aromatic carbocycles. The molecule has 3 N–H and O–H groups in total. The zero-order valence-electron chi connectivity index (χ0n) is 14.3. The van der Waals surface area contributed by atoms with Crippen LogP contribution in [0.25, 0.3) is 0 Å². The highest BCUT2D eigenvalue weighted by Gasteiger charge is 2.17. The molecule has 0 bridgehead atoms. The first-order valence-corrected chi connectivity index (χ1v) is 7.50. The molecule has 0 aliphatic heterocycles. The Morgan fingerprint density at radius 1 is 1.33 bits per heavy atom. The van der Waals surface area contributed by atoms with Crippen molar-refractivity contribution >= 4 is 17.8 Å². The van der Waals surface area contributed by atoms with Crippen molar-refractivity contribution in [2.45, 2.75) is 26.8 Å². The molecule has 130 valence electrons. The lowest BCUT2D eigenvalue weighted by atomic mass is 10.1. The quantitative estimate of drug-likeness (QED) is 0.795. The van der Waals surface area contributed by atoms with E-state index in [2.05, 4.69) is 20.7 Å². The topological polar surface area (TPSA) is 124 Å². The number of nitrogens with two attached hydrogens (primary N) is 1. The minimum absolute atomic E-state index is 0.0329. The minimum atomic E-state index is -0.321. The molecular weight excluding hydrogens is 312 g/mol. The highest BCUT2D eigenvalue weighted by molar-refractivity contribution is 5.87. The van der Waals surface area contributed by atoms with Gasteiger partial charge in [0.2, 0.25) is 0 Å². The van der Waals surface area contributed by atoms with Gasteiger partial charge in [-0.25, -0.2) is 14.2 Å². The minimum Gasteiger partial charge on any atom is -0.331 e. The van der Waals surface area contributed by atoms with Gasteiger partial charge in [-0.15, -0.1) is 5.10 Å². The number of nitrogens with one attached hydrogen (secondary N) is 1. The highest BCUT2D eigenvalue weighted by Crippen LogP contribution is 2.13. The monoisotopic (exact) mass is 334 g/mol. The Morgan fingerprint density at radius 2 is 2.04 bits per heavy atom. The van der Waals surface area contributed by atoms with Crippen molar-refractivity contribution in [3.63, 3.8) is 0 Å². The third-order valence-electron chi connectivity index (χ3n) is 3.55. The molecule has 0 aliphatic rings. The molecule has 0 saturated heterocycles. The van der Waals surface area contributed by atoms with E-state index in [9.17, 15) is 9.59 Å². The van der Waals surface area contributed by atoms with Crippen molar-refractivity contribution in [1.82, 2.24) is 29.7 Å². The second-order valence-electron chi connectivity index (χ2n) is 5.62. The second-order valence-corrected chi connectivity index (χ2v) is 5.62. The number of hydrogen-bond acceptors (Lipinski definition) is 6. The zero-order valence-corrected chi connectivity index (χ0v) is 14.3. The molecule has 0 unspecified atom stereocenters. The van der Waals surface area contributed by atoms with Gasteiger partial charge < -0.3 is 10.6 Å². The van der Waals surface area contributed by atoms with Gasteiger partial charge >= 0.3 is 6.03 Å². The molecule has 24 heavy (non-hydrogen) atoms. The van der Waals surface area contributed by atoms with E-state index in [4.69, 9.17) is 5.73 Å². The van der Waals surface area contributed by atoms with Crippen LogP contribution < -0.4 is 11.1 Å². The number of aromatic nitrogens is 5. The summed E-state index contributed by atoms with van der Waals surface area (Å²) in [5.41, 5.74) is 8.15. The molecule has 0 saturated carbocycles.